The highest BCUT2D eigenvalue weighted by atomic mass is 19.4. The molecule has 1 aliphatic heterocycles. The van der Waals surface area contributed by atoms with Crippen LogP contribution in [-0.2, 0) is 6.18 Å². The summed E-state index contributed by atoms with van der Waals surface area (Å²) >= 11 is 0. The van der Waals surface area contributed by atoms with Gasteiger partial charge in [0.2, 0.25) is 0 Å². The van der Waals surface area contributed by atoms with E-state index < -0.39 is 11.9 Å². The zero-order valence-electron chi connectivity index (χ0n) is 15.9. The molecule has 30 heavy (non-hydrogen) atoms. The van der Waals surface area contributed by atoms with E-state index in [0.717, 1.165) is 11.8 Å². The third kappa shape index (κ3) is 4.67. The van der Waals surface area contributed by atoms with E-state index in [1.165, 1.54) is 24.5 Å². The Morgan fingerprint density at radius 2 is 1.60 bits per heavy atom. The van der Waals surface area contributed by atoms with E-state index in [0.29, 0.717) is 31.5 Å². The lowest BCUT2D eigenvalue weighted by Gasteiger charge is -2.34. The number of piperidine rings is 1. The Hall–Kier alpha value is -3.23. The largest absolute Gasteiger partial charge is 0.433 e. The molecule has 0 atom stereocenters. The summed E-state index contributed by atoms with van der Waals surface area (Å²) in [4.78, 5) is 13.8. The van der Waals surface area contributed by atoms with Gasteiger partial charge in [0, 0.05) is 48.8 Å². The van der Waals surface area contributed by atoms with Gasteiger partial charge in [-0.3, -0.25) is 4.98 Å². The first-order valence-corrected chi connectivity index (χ1v) is 9.52. The minimum Gasteiger partial charge on any atom is -0.382 e. The monoisotopic (exact) mass is 417 g/mol. The molecule has 2 aromatic heterocycles. The van der Waals surface area contributed by atoms with Gasteiger partial charge in [0.25, 0.3) is 0 Å². The van der Waals surface area contributed by atoms with Crippen LogP contribution in [0.4, 0.5) is 29.1 Å². The smallest absolute Gasteiger partial charge is 0.382 e. The van der Waals surface area contributed by atoms with Gasteiger partial charge < -0.3 is 10.2 Å². The van der Waals surface area contributed by atoms with Crippen molar-refractivity contribution >= 4 is 11.5 Å². The normalized spacial score (nSPS) is 15.3. The Kier molecular flexibility index (Phi) is 5.52. The molecule has 0 spiro atoms. The molecule has 5 nitrogen and oxygen atoms in total. The number of anilines is 2. The molecule has 1 fully saturated rings. The van der Waals surface area contributed by atoms with Crippen LogP contribution in [0, 0.1) is 5.82 Å². The number of hydrogen-bond donors (Lipinski definition) is 1. The van der Waals surface area contributed by atoms with Crippen LogP contribution in [0.2, 0.25) is 0 Å². The standard InChI is InChI=1S/C21H19F4N5/c22-15-1-3-16(4-2-15)27-17-7-11-30(12-8-17)19-13-18(21(23,24)25)28-20(29-19)14-5-9-26-10-6-14/h1-6,9-10,13,17,27H,7-8,11-12H2. The van der Waals surface area contributed by atoms with E-state index in [1.807, 2.05) is 4.90 Å². The molecule has 0 radical (unpaired) electrons. The van der Waals surface area contributed by atoms with Crippen molar-refractivity contribution in [2.45, 2.75) is 25.1 Å². The van der Waals surface area contributed by atoms with Gasteiger partial charge in [-0.05, 0) is 49.2 Å². The first-order chi connectivity index (χ1) is 14.4. The van der Waals surface area contributed by atoms with Crippen molar-refractivity contribution in [3.05, 3.63) is 66.4 Å². The summed E-state index contributed by atoms with van der Waals surface area (Å²) in [5.74, 6) is -0.0252. The Labute approximate surface area is 170 Å². The van der Waals surface area contributed by atoms with Crippen LogP contribution in [0.5, 0.6) is 0 Å². The number of alkyl halides is 3. The van der Waals surface area contributed by atoms with E-state index >= 15 is 0 Å². The van der Waals surface area contributed by atoms with Crippen molar-refractivity contribution in [2.24, 2.45) is 0 Å². The SMILES string of the molecule is Fc1ccc(NC2CCN(c3cc(C(F)(F)F)nc(-c4ccncc4)n3)CC2)cc1. The van der Waals surface area contributed by atoms with Gasteiger partial charge >= 0.3 is 6.18 Å². The molecule has 1 N–H and O–H groups in total. The van der Waals surface area contributed by atoms with Gasteiger partial charge in [-0.2, -0.15) is 13.2 Å². The van der Waals surface area contributed by atoms with E-state index in [4.69, 9.17) is 0 Å². The fraction of sp³-hybridized carbons (Fsp3) is 0.286. The van der Waals surface area contributed by atoms with Crippen LogP contribution < -0.4 is 10.2 Å². The highest BCUT2D eigenvalue weighted by molar-refractivity contribution is 5.57. The summed E-state index contributed by atoms with van der Waals surface area (Å²) in [7, 11) is 0. The van der Waals surface area contributed by atoms with E-state index in [2.05, 4.69) is 20.3 Å². The molecule has 3 heterocycles. The molecule has 0 saturated carbocycles. The van der Waals surface area contributed by atoms with E-state index in [9.17, 15) is 17.6 Å². The maximum absolute atomic E-state index is 13.4. The fourth-order valence-corrected chi connectivity index (χ4v) is 3.41. The number of rotatable bonds is 4. The molecule has 9 heteroatoms. The molecule has 156 valence electrons. The number of pyridine rings is 1. The van der Waals surface area contributed by atoms with Crippen molar-refractivity contribution < 1.29 is 17.6 Å². The van der Waals surface area contributed by atoms with Crippen molar-refractivity contribution in [3.63, 3.8) is 0 Å². The molecule has 0 amide bonds. The molecule has 3 aromatic rings. The van der Waals surface area contributed by atoms with Crippen LogP contribution in [0.15, 0.2) is 54.9 Å². The highest BCUT2D eigenvalue weighted by Crippen LogP contribution is 2.32. The predicted octanol–water partition coefficient (Wildman–Crippen LogP) is 4.78. The number of nitrogens with zero attached hydrogens (tertiary/aromatic N) is 4. The zero-order chi connectivity index (χ0) is 21.1. The van der Waals surface area contributed by atoms with Gasteiger partial charge in [-0.1, -0.05) is 0 Å². The molecular weight excluding hydrogens is 398 g/mol. The Morgan fingerprint density at radius 1 is 0.933 bits per heavy atom. The number of aromatic nitrogens is 3. The van der Waals surface area contributed by atoms with E-state index in [-0.39, 0.29) is 23.5 Å². The quantitative estimate of drug-likeness (QED) is 0.620. The second-order valence-corrected chi connectivity index (χ2v) is 7.08. The zero-order valence-corrected chi connectivity index (χ0v) is 15.9. The average molecular weight is 417 g/mol. The number of nitrogens with one attached hydrogen (secondary N) is 1. The van der Waals surface area contributed by atoms with Crippen molar-refractivity contribution in [1.29, 1.82) is 0 Å². The maximum Gasteiger partial charge on any atom is 0.433 e. The molecule has 0 aliphatic carbocycles. The van der Waals surface area contributed by atoms with Gasteiger partial charge in [-0.15, -0.1) is 0 Å². The number of halogens is 4. The molecular formula is C21H19F4N5. The lowest BCUT2D eigenvalue weighted by atomic mass is 10.0. The first-order valence-electron chi connectivity index (χ1n) is 9.52. The van der Waals surface area contributed by atoms with Crippen LogP contribution in [0.1, 0.15) is 18.5 Å². The van der Waals surface area contributed by atoms with Crippen LogP contribution in [-0.4, -0.2) is 34.1 Å². The third-order valence-corrected chi connectivity index (χ3v) is 4.98. The predicted molar refractivity (Wildman–Crippen MR) is 106 cm³/mol. The molecule has 1 aliphatic rings. The van der Waals surface area contributed by atoms with Crippen molar-refractivity contribution in [2.75, 3.05) is 23.3 Å². The summed E-state index contributed by atoms with van der Waals surface area (Å²) in [5.41, 5.74) is 0.326. The molecule has 0 unspecified atom stereocenters. The lowest BCUT2D eigenvalue weighted by Crippen LogP contribution is -2.39. The minimum atomic E-state index is -4.57. The summed E-state index contributed by atoms with van der Waals surface area (Å²) in [6.45, 7) is 1.09. The van der Waals surface area contributed by atoms with Crippen molar-refractivity contribution in [3.8, 4) is 11.4 Å². The van der Waals surface area contributed by atoms with Crippen LogP contribution in [0.25, 0.3) is 11.4 Å². The highest BCUT2D eigenvalue weighted by Gasteiger charge is 2.34. The number of hydrogen-bond acceptors (Lipinski definition) is 5. The first kappa shape index (κ1) is 20.1. The maximum atomic E-state index is 13.4. The molecule has 1 aromatic carbocycles. The van der Waals surface area contributed by atoms with Gasteiger partial charge in [0.05, 0.1) is 0 Å². The summed E-state index contributed by atoms with van der Waals surface area (Å²) in [5, 5.41) is 3.34. The van der Waals surface area contributed by atoms with Gasteiger partial charge in [0.1, 0.15) is 11.6 Å². The summed E-state index contributed by atoms with van der Waals surface area (Å²) in [6.07, 6.45) is -0.154. The van der Waals surface area contributed by atoms with Gasteiger partial charge in [-0.25, -0.2) is 14.4 Å². The lowest BCUT2D eigenvalue weighted by molar-refractivity contribution is -0.141. The van der Waals surface area contributed by atoms with Gasteiger partial charge in [0.15, 0.2) is 11.5 Å². The molecule has 4 rings (SSSR count). The third-order valence-electron chi connectivity index (χ3n) is 4.98. The van der Waals surface area contributed by atoms with E-state index in [1.54, 1.807) is 24.3 Å². The average Bonchev–Trinajstić information content (AvgIpc) is 2.76. The summed E-state index contributed by atoms with van der Waals surface area (Å²) in [6, 6.07) is 10.4. The second-order valence-electron chi connectivity index (χ2n) is 7.08. The number of benzene rings is 1. The fourth-order valence-electron chi connectivity index (χ4n) is 3.41. The second kappa shape index (κ2) is 8.25. The Balaban J connectivity index is 1.52. The Morgan fingerprint density at radius 3 is 2.23 bits per heavy atom. The minimum absolute atomic E-state index is 0.0220. The molecule has 0 bridgehead atoms. The van der Waals surface area contributed by atoms with Crippen LogP contribution >= 0.6 is 0 Å². The van der Waals surface area contributed by atoms with Crippen LogP contribution in [0.3, 0.4) is 0 Å². The Bertz CT molecular complexity index is 985. The van der Waals surface area contributed by atoms with Crippen molar-refractivity contribution in [1.82, 2.24) is 15.0 Å². The summed E-state index contributed by atoms with van der Waals surface area (Å²) < 4.78 is 53.3. The topological polar surface area (TPSA) is 53.9 Å². The molecule has 1 saturated heterocycles.